The number of hydrogen-bond donors (Lipinski definition) is 2. The van der Waals surface area contributed by atoms with Gasteiger partial charge in [0.25, 0.3) is 0 Å². The van der Waals surface area contributed by atoms with Crippen LogP contribution in [0.5, 0.6) is 0 Å². The monoisotopic (exact) mass is 475 g/mol. The number of halogens is 1. The van der Waals surface area contributed by atoms with Crippen molar-refractivity contribution in [1.82, 2.24) is 20.5 Å². The second-order valence-electron chi connectivity index (χ2n) is 6.32. The molecule has 8 heteroatoms. The highest BCUT2D eigenvalue weighted by Gasteiger charge is 2.14. The van der Waals surface area contributed by atoms with Crippen LogP contribution in [0.4, 0.5) is 0 Å². The van der Waals surface area contributed by atoms with Gasteiger partial charge in [0.1, 0.15) is 6.54 Å². The van der Waals surface area contributed by atoms with Gasteiger partial charge in [0.2, 0.25) is 5.91 Å². The fourth-order valence-corrected chi connectivity index (χ4v) is 2.50. The van der Waals surface area contributed by atoms with Gasteiger partial charge in [-0.25, -0.2) is 4.99 Å². The predicted octanol–water partition coefficient (Wildman–Crippen LogP) is 1.43. The molecule has 2 heterocycles. The number of aliphatic imine (C=N–C) groups is 1. The van der Waals surface area contributed by atoms with E-state index in [4.69, 9.17) is 4.74 Å². The molecule has 1 amide bonds. The second-order valence-corrected chi connectivity index (χ2v) is 6.32. The van der Waals surface area contributed by atoms with Crippen LogP contribution in [0, 0.1) is 0 Å². The van der Waals surface area contributed by atoms with Crippen LogP contribution in [-0.4, -0.2) is 68.2 Å². The molecular weight excluding hydrogens is 445 g/mol. The molecule has 0 radical (unpaired) electrons. The van der Waals surface area contributed by atoms with Crippen LogP contribution in [0.3, 0.4) is 0 Å². The third-order valence-electron chi connectivity index (χ3n) is 4.04. The lowest BCUT2D eigenvalue weighted by molar-refractivity contribution is -0.127. The molecule has 7 nitrogen and oxygen atoms in total. The van der Waals surface area contributed by atoms with Gasteiger partial charge in [-0.15, -0.1) is 24.0 Å². The molecule has 1 saturated heterocycles. The first-order valence-corrected chi connectivity index (χ1v) is 8.89. The summed E-state index contributed by atoms with van der Waals surface area (Å²) in [4.78, 5) is 22.0. The van der Waals surface area contributed by atoms with E-state index in [2.05, 4.69) is 20.6 Å². The van der Waals surface area contributed by atoms with Crippen molar-refractivity contribution in [3.63, 3.8) is 0 Å². The fourth-order valence-electron chi connectivity index (χ4n) is 2.50. The van der Waals surface area contributed by atoms with Gasteiger partial charge in [0.05, 0.1) is 6.10 Å². The van der Waals surface area contributed by atoms with E-state index in [0.29, 0.717) is 19.0 Å². The summed E-state index contributed by atoms with van der Waals surface area (Å²) in [6.45, 7) is 2.35. The van der Waals surface area contributed by atoms with Crippen LogP contribution < -0.4 is 10.6 Å². The Morgan fingerprint density at radius 3 is 2.85 bits per heavy atom. The van der Waals surface area contributed by atoms with E-state index in [-0.39, 0.29) is 42.5 Å². The average molecular weight is 475 g/mol. The highest BCUT2D eigenvalue weighted by atomic mass is 127. The van der Waals surface area contributed by atoms with Gasteiger partial charge in [-0.2, -0.15) is 0 Å². The number of guanidine groups is 1. The third kappa shape index (κ3) is 8.79. The maximum atomic E-state index is 11.8. The summed E-state index contributed by atoms with van der Waals surface area (Å²) in [5.74, 6) is 0.611. The largest absolute Gasteiger partial charge is 0.376 e. The highest BCUT2D eigenvalue weighted by molar-refractivity contribution is 14.0. The molecule has 0 saturated carbocycles. The first-order valence-electron chi connectivity index (χ1n) is 8.89. The van der Waals surface area contributed by atoms with Crippen LogP contribution >= 0.6 is 24.0 Å². The lowest BCUT2D eigenvalue weighted by Crippen LogP contribution is -2.43. The molecule has 26 heavy (non-hydrogen) atoms. The van der Waals surface area contributed by atoms with E-state index >= 15 is 0 Å². The molecule has 1 unspecified atom stereocenters. The molecule has 2 rings (SSSR count). The van der Waals surface area contributed by atoms with Crippen LogP contribution in [-0.2, 0) is 16.0 Å². The summed E-state index contributed by atoms with van der Waals surface area (Å²) in [6.07, 6.45) is 6.19. The standard InChI is InChI=1S/C18H29N5O2.HI/c1-23(2)17(24)14-22-18(21-13-16-8-4-6-12-25-16)20-11-9-15-7-3-5-10-19-15;/h3,5,7,10,16H,4,6,8-9,11-14H2,1-2H3,(H2,20,21,22);1H. The number of pyridine rings is 1. The van der Waals surface area contributed by atoms with Crippen LogP contribution in [0.25, 0.3) is 0 Å². The minimum atomic E-state index is -0.0280. The Balaban J connectivity index is 0.00000338. The second kappa shape index (κ2) is 12.9. The zero-order chi connectivity index (χ0) is 17.9. The van der Waals surface area contributed by atoms with E-state index in [9.17, 15) is 4.79 Å². The topological polar surface area (TPSA) is 78.9 Å². The number of carbonyl (C=O) groups is 1. The van der Waals surface area contributed by atoms with Crippen molar-refractivity contribution in [2.45, 2.75) is 31.8 Å². The number of amides is 1. The van der Waals surface area contributed by atoms with Crippen molar-refractivity contribution in [3.05, 3.63) is 30.1 Å². The van der Waals surface area contributed by atoms with Gasteiger partial charge in [-0.1, -0.05) is 6.07 Å². The molecule has 0 bridgehead atoms. The number of nitrogens with zero attached hydrogens (tertiary/aromatic N) is 3. The van der Waals surface area contributed by atoms with E-state index in [1.54, 1.807) is 25.2 Å². The number of carbonyl (C=O) groups excluding carboxylic acids is 1. The molecular formula is C18H30IN5O2. The van der Waals surface area contributed by atoms with Gasteiger partial charge in [0.15, 0.2) is 5.96 Å². The van der Waals surface area contributed by atoms with Gasteiger partial charge in [-0.05, 0) is 31.4 Å². The SMILES string of the molecule is CN(C)C(=O)CN=C(NCCc1ccccn1)NCC1CCCCO1.I. The Labute approximate surface area is 173 Å². The fraction of sp³-hybridized carbons (Fsp3) is 0.611. The normalized spacial score (nSPS) is 17.2. The van der Waals surface area contributed by atoms with E-state index in [0.717, 1.165) is 31.6 Å². The smallest absolute Gasteiger partial charge is 0.243 e. The molecule has 1 aromatic rings. The van der Waals surface area contributed by atoms with Gasteiger partial charge < -0.3 is 20.3 Å². The molecule has 0 spiro atoms. The molecule has 1 aliphatic heterocycles. The average Bonchev–Trinajstić information content (AvgIpc) is 2.64. The Morgan fingerprint density at radius 2 is 2.19 bits per heavy atom. The first kappa shape index (κ1) is 22.6. The molecule has 1 aliphatic rings. The van der Waals surface area contributed by atoms with Crippen molar-refractivity contribution in [1.29, 1.82) is 0 Å². The van der Waals surface area contributed by atoms with Crippen molar-refractivity contribution in [2.75, 3.05) is 40.3 Å². The van der Waals surface area contributed by atoms with Crippen LogP contribution in [0.2, 0.25) is 0 Å². The lowest BCUT2D eigenvalue weighted by Gasteiger charge is -2.24. The van der Waals surface area contributed by atoms with E-state index < -0.39 is 0 Å². The number of hydrogen-bond acceptors (Lipinski definition) is 4. The molecule has 1 aromatic heterocycles. The zero-order valence-electron chi connectivity index (χ0n) is 15.6. The van der Waals surface area contributed by atoms with Crippen LogP contribution in [0.1, 0.15) is 25.0 Å². The number of ether oxygens (including phenoxy) is 1. The minimum Gasteiger partial charge on any atom is -0.376 e. The quantitative estimate of drug-likeness (QED) is 0.355. The van der Waals surface area contributed by atoms with Gasteiger partial charge in [-0.3, -0.25) is 9.78 Å². The van der Waals surface area contributed by atoms with Crippen LogP contribution in [0.15, 0.2) is 29.4 Å². The van der Waals surface area contributed by atoms with E-state index in [1.807, 2.05) is 18.2 Å². The third-order valence-corrected chi connectivity index (χ3v) is 4.04. The summed E-state index contributed by atoms with van der Waals surface area (Å²) < 4.78 is 5.74. The Morgan fingerprint density at radius 1 is 1.35 bits per heavy atom. The first-order chi connectivity index (χ1) is 12.1. The van der Waals surface area contributed by atoms with Gasteiger partial charge >= 0.3 is 0 Å². The molecule has 1 fully saturated rings. The Hall–Kier alpha value is -1.42. The summed E-state index contributed by atoms with van der Waals surface area (Å²) in [7, 11) is 3.46. The number of rotatable bonds is 7. The van der Waals surface area contributed by atoms with Gasteiger partial charge in [0, 0.05) is 52.1 Å². The molecule has 0 aliphatic carbocycles. The predicted molar refractivity (Wildman–Crippen MR) is 114 cm³/mol. The summed E-state index contributed by atoms with van der Waals surface area (Å²) in [5, 5.41) is 6.57. The minimum absolute atomic E-state index is 0. The molecule has 0 aromatic carbocycles. The molecule has 146 valence electrons. The number of nitrogens with one attached hydrogen (secondary N) is 2. The van der Waals surface area contributed by atoms with Crippen molar-refractivity contribution in [2.24, 2.45) is 4.99 Å². The zero-order valence-corrected chi connectivity index (χ0v) is 17.9. The highest BCUT2D eigenvalue weighted by Crippen LogP contribution is 2.11. The molecule has 1 atom stereocenters. The number of likely N-dealkylation sites (N-methyl/N-ethyl adjacent to an activating group) is 1. The lowest BCUT2D eigenvalue weighted by atomic mass is 10.1. The summed E-state index contributed by atoms with van der Waals surface area (Å²) in [6, 6.07) is 5.88. The van der Waals surface area contributed by atoms with E-state index in [1.165, 1.54) is 6.42 Å². The summed E-state index contributed by atoms with van der Waals surface area (Å²) >= 11 is 0. The maximum absolute atomic E-state index is 11.8. The Bertz CT molecular complexity index is 548. The number of aromatic nitrogens is 1. The summed E-state index contributed by atoms with van der Waals surface area (Å²) in [5.41, 5.74) is 1.02. The van der Waals surface area contributed by atoms with Crippen molar-refractivity contribution in [3.8, 4) is 0 Å². The molecule has 2 N–H and O–H groups in total. The van der Waals surface area contributed by atoms with Crippen molar-refractivity contribution >= 4 is 35.8 Å². The van der Waals surface area contributed by atoms with Crippen molar-refractivity contribution < 1.29 is 9.53 Å². The Kier molecular flexibility index (Phi) is 11.2. The maximum Gasteiger partial charge on any atom is 0.243 e.